The third-order valence-corrected chi connectivity index (χ3v) is 5.89. The summed E-state index contributed by atoms with van der Waals surface area (Å²) in [7, 11) is 0. The Kier molecular flexibility index (Phi) is 6.99. The molecule has 3 rings (SSSR count). The second-order valence-electron chi connectivity index (χ2n) is 7.00. The van der Waals surface area contributed by atoms with Gasteiger partial charge in [0.15, 0.2) is 0 Å². The van der Waals surface area contributed by atoms with E-state index in [2.05, 4.69) is 10.2 Å². The van der Waals surface area contributed by atoms with E-state index in [9.17, 15) is 18.0 Å². The van der Waals surface area contributed by atoms with E-state index in [1.54, 1.807) is 12.1 Å². The Bertz CT molecular complexity index is 905. The third kappa shape index (κ3) is 5.79. The zero-order valence-corrected chi connectivity index (χ0v) is 17.5. The fourth-order valence-corrected chi connectivity index (χ4v) is 3.83. The predicted molar refractivity (Wildman–Crippen MR) is 110 cm³/mol. The maximum Gasteiger partial charge on any atom is 0.416 e. The molecule has 29 heavy (non-hydrogen) atoms. The van der Waals surface area contributed by atoms with E-state index in [-0.39, 0.29) is 22.5 Å². The van der Waals surface area contributed by atoms with Crippen molar-refractivity contribution in [1.29, 1.82) is 0 Å². The van der Waals surface area contributed by atoms with Crippen LogP contribution in [0.3, 0.4) is 0 Å². The summed E-state index contributed by atoms with van der Waals surface area (Å²) in [5.41, 5.74) is 0.0802. The number of hydrogen-bond acceptors (Lipinski definition) is 2. The first-order valence-electron chi connectivity index (χ1n) is 8.97. The average molecular weight is 466 g/mol. The number of hydrogen-bond donors (Lipinski definition) is 1. The van der Waals surface area contributed by atoms with Gasteiger partial charge in [0.05, 0.1) is 32.2 Å². The van der Waals surface area contributed by atoms with Crippen molar-refractivity contribution in [2.75, 3.05) is 18.4 Å². The number of likely N-dealkylation sites (tertiary alicyclic amines) is 1. The van der Waals surface area contributed by atoms with Gasteiger partial charge in [-0.3, -0.25) is 9.69 Å². The Morgan fingerprint density at radius 3 is 2.48 bits per heavy atom. The van der Waals surface area contributed by atoms with Gasteiger partial charge in [-0.05, 0) is 55.3 Å². The van der Waals surface area contributed by atoms with Crippen molar-refractivity contribution in [1.82, 2.24) is 4.90 Å². The number of carbonyl (C=O) groups is 1. The fourth-order valence-electron chi connectivity index (χ4n) is 3.34. The second kappa shape index (κ2) is 9.13. The van der Waals surface area contributed by atoms with Crippen LogP contribution in [0.5, 0.6) is 0 Å². The Morgan fingerprint density at radius 1 is 1.07 bits per heavy atom. The molecule has 0 saturated carbocycles. The van der Waals surface area contributed by atoms with Crippen LogP contribution in [0.4, 0.5) is 18.9 Å². The summed E-state index contributed by atoms with van der Waals surface area (Å²) in [4.78, 5) is 14.8. The standard InChI is InChI=1S/C20H18Cl3F3N2O/c21-15-5-3-12(8-17(15)23)10-28-7-1-2-13(11-28)19(29)27-18-9-14(20(24,25)26)4-6-16(18)22/h3-6,8-9,13H,1-2,7,10-11H2,(H,27,29). The molecule has 1 aliphatic rings. The summed E-state index contributed by atoms with van der Waals surface area (Å²) >= 11 is 18.0. The SMILES string of the molecule is O=C(Nc1cc(C(F)(F)F)ccc1Cl)C1CCCN(Cc2ccc(Cl)c(Cl)c2)C1. The lowest BCUT2D eigenvalue weighted by Gasteiger charge is -2.32. The quantitative estimate of drug-likeness (QED) is 0.558. The molecule has 0 aliphatic carbocycles. The molecule has 1 saturated heterocycles. The number of benzene rings is 2. The van der Waals surface area contributed by atoms with Gasteiger partial charge in [-0.2, -0.15) is 13.2 Å². The molecule has 1 heterocycles. The molecule has 156 valence electrons. The summed E-state index contributed by atoms with van der Waals surface area (Å²) in [5.74, 6) is -0.692. The summed E-state index contributed by atoms with van der Waals surface area (Å²) in [6, 6.07) is 8.27. The topological polar surface area (TPSA) is 32.3 Å². The number of halogens is 6. The Morgan fingerprint density at radius 2 is 1.79 bits per heavy atom. The monoisotopic (exact) mass is 464 g/mol. The van der Waals surface area contributed by atoms with Gasteiger partial charge in [-0.15, -0.1) is 0 Å². The van der Waals surface area contributed by atoms with Crippen LogP contribution in [-0.2, 0) is 17.5 Å². The lowest BCUT2D eigenvalue weighted by atomic mass is 9.96. The minimum Gasteiger partial charge on any atom is -0.324 e. The number of anilines is 1. The zero-order chi connectivity index (χ0) is 21.2. The van der Waals surface area contributed by atoms with Gasteiger partial charge in [0.1, 0.15) is 0 Å². The molecule has 1 aliphatic heterocycles. The normalized spacial score (nSPS) is 17.9. The minimum absolute atomic E-state index is 0.0342. The van der Waals surface area contributed by atoms with Crippen LogP contribution in [-0.4, -0.2) is 23.9 Å². The Hall–Kier alpha value is -1.47. The van der Waals surface area contributed by atoms with Gasteiger partial charge in [0, 0.05) is 13.1 Å². The van der Waals surface area contributed by atoms with E-state index in [4.69, 9.17) is 34.8 Å². The van der Waals surface area contributed by atoms with Crippen LogP contribution < -0.4 is 5.32 Å². The highest BCUT2D eigenvalue weighted by atomic mass is 35.5. The first-order chi connectivity index (χ1) is 13.6. The Balaban J connectivity index is 1.66. The minimum atomic E-state index is -4.51. The first kappa shape index (κ1) is 22.2. The van der Waals surface area contributed by atoms with E-state index in [1.807, 2.05) is 6.07 Å². The van der Waals surface area contributed by atoms with E-state index < -0.39 is 11.7 Å². The van der Waals surface area contributed by atoms with E-state index in [0.29, 0.717) is 29.6 Å². The van der Waals surface area contributed by atoms with Gasteiger partial charge in [-0.1, -0.05) is 40.9 Å². The largest absolute Gasteiger partial charge is 0.416 e. The molecule has 0 spiro atoms. The van der Waals surface area contributed by atoms with Gasteiger partial charge in [-0.25, -0.2) is 0 Å². The number of nitrogens with one attached hydrogen (secondary N) is 1. The molecule has 1 amide bonds. The smallest absolute Gasteiger partial charge is 0.324 e. The molecule has 1 unspecified atom stereocenters. The highest BCUT2D eigenvalue weighted by molar-refractivity contribution is 6.42. The number of piperidine rings is 1. The number of nitrogens with zero attached hydrogens (tertiary/aromatic N) is 1. The summed E-state index contributed by atoms with van der Waals surface area (Å²) in [5, 5.41) is 3.57. The highest BCUT2D eigenvalue weighted by Crippen LogP contribution is 2.34. The highest BCUT2D eigenvalue weighted by Gasteiger charge is 2.32. The maximum absolute atomic E-state index is 12.9. The molecular weight excluding hydrogens is 448 g/mol. The molecule has 2 aromatic carbocycles. The Labute approximate surface area is 181 Å². The third-order valence-electron chi connectivity index (χ3n) is 4.82. The second-order valence-corrected chi connectivity index (χ2v) is 8.23. The first-order valence-corrected chi connectivity index (χ1v) is 10.1. The van der Waals surface area contributed by atoms with E-state index in [0.717, 1.165) is 36.7 Å². The molecule has 0 radical (unpaired) electrons. The molecule has 1 fully saturated rings. The van der Waals surface area contributed by atoms with Gasteiger partial charge in [0.25, 0.3) is 0 Å². The van der Waals surface area contributed by atoms with Crippen molar-refractivity contribution in [2.24, 2.45) is 5.92 Å². The van der Waals surface area contributed by atoms with E-state index in [1.165, 1.54) is 0 Å². The zero-order valence-electron chi connectivity index (χ0n) is 15.2. The van der Waals surface area contributed by atoms with Crippen molar-refractivity contribution in [3.8, 4) is 0 Å². The van der Waals surface area contributed by atoms with Crippen LogP contribution in [0.15, 0.2) is 36.4 Å². The van der Waals surface area contributed by atoms with Crippen LogP contribution in [0.2, 0.25) is 15.1 Å². The number of rotatable bonds is 4. The van der Waals surface area contributed by atoms with Gasteiger partial charge < -0.3 is 5.32 Å². The lowest BCUT2D eigenvalue weighted by molar-refractivity contribution is -0.137. The van der Waals surface area contributed by atoms with E-state index >= 15 is 0 Å². The van der Waals surface area contributed by atoms with Crippen LogP contribution in [0.25, 0.3) is 0 Å². The summed E-state index contributed by atoms with van der Waals surface area (Å²) < 4.78 is 38.8. The van der Waals surface area contributed by atoms with Crippen molar-refractivity contribution in [3.05, 3.63) is 62.6 Å². The van der Waals surface area contributed by atoms with Crippen molar-refractivity contribution in [3.63, 3.8) is 0 Å². The van der Waals surface area contributed by atoms with Crippen LogP contribution in [0.1, 0.15) is 24.0 Å². The van der Waals surface area contributed by atoms with Crippen molar-refractivity contribution in [2.45, 2.75) is 25.6 Å². The average Bonchev–Trinajstić information content (AvgIpc) is 2.66. The van der Waals surface area contributed by atoms with Crippen molar-refractivity contribution >= 4 is 46.4 Å². The molecular formula is C20H18Cl3F3N2O. The number of alkyl halides is 3. The van der Waals surface area contributed by atoms with Gasteiger partial charge >= 0.3 is 6.18 Å². The lowest BCUT2D eigenvalue weighted by Crippen LogP contribution is -2.40. The fraction of sp³-hybridized carbons (Fsp3) is 0.350. The molecule has 9 heteroatoms. The molecule has 1 N–H and O–H groups in total. The van der Waals surface area contributed by atoms with Crippen molar-refractivity contribution < 1.29 is 18.0 Å². The molecule has 3 nitrogen and oxygen atoms in total. The molecule has 0 aromatic heterocycles. The predicted octanol–water partition coefficient (Wildman–Crippen LogP) is 6.52. The van der Waals surface area contributed by atoms with Crippen LogP contribution in [0, 0.1) is 5.92 Å². The number of carbonyl (C=O) groups excluding carboxylic acids is 1. The summed E-state index contributed by atoms with van der Waals surface area (Å²) in [6.45, 7) is 1.90. The molecule has 0 bridgehead atoms. The number of amides is 1. The molecule has 2 aromatic rings. The van der Waals surface area contributed by atoms with Gasteiger partial charge in [0.2, 0.25) is 5.91 Å². The van der Waals surface area contributed by atoms with Crippen LogP contribution >= 0.6 is 34.8 Å². The summed E-state index contributed by atoms with van der Waals surface area (Å²) in [6.07, 6.45) is -3.05. The molecule has 1 atom stereocenters. The maximum atomic E-state index is 12.9.